The van der Waals surface area contributed by atoms with E-state index in [0.29, 0.717) is 11.5 Å². The lowest BCUT2D eigenvalue weighted by Gasteiger charge is -2.20. The minimum absolute atomic E-state index is 0.00773. The van der Waals surface area contributed by atoms with Crippen LogP contribution >= 0.6 is 0 Å². The van der Waals surface area contributed by atoms with Gasteiger partial charge in [0.05, 0.1) is 7.11 Å². The first kappa shape index (κ1) is 16.1. The molecule has 2 rings (SSSR count). The lowest BCUT2D eigenvalue weighted by atomic mass is 9.89. The molecule has 6 nitrogen and oxygen atoms in total. The molecule has 0 aromatic heterocycles. The fourth-order valence-electron chi connectivity index (χ4n) is 2.47. The normalized spacial score (nSPS) is 15.0. The Morgan fingerprint density at radius 3 is 2.59 bits per heavy atom. The van der Waals surface area contributed by atoms with Gasteiger partial charge < -0.3 is 9.47 Å². The molecule has 6 heteroatoms. The average Bonchev–Trinajstić information content (AvgIpc) is 2.58. The van der Waals surface area contributed by atoms with Gasteiger partial charge in [0, 0.05) is 12.0 Å². The van der Waals surface area contributed by atoms with Crippen LogP contribution in [0.15, 0.2) is 24.3 Å². The molecule has 1 saturated carbocycles. The van der Waals surface area contributed by atoms with E-state index in [1.165, 1.54) is 6.42 Å². The van der Waals surface area contributed by atoms with Gasteiger partial charge in [0.2, 0.25) is 5.91 Å². The van der Waals surface area contributed by atoms with Gasteiger partial charge in [-0.1, -0.05) is 25.3 Å². The average molecular weight is 306 g/mol. The molecule has 1 aromatic rings. The number of amides is 2. The van der Waals surface area contributed by atoms with Crippen LogP contribution in [0.4, 0.5) is 0 Å². The second-order valence-electron chi connectivity index (χ2n) is 5.34. The minimum atomic E-state index is -0.396. The van der Waals surface area contributed by atoms with E-state index < -0.39 is 5.91 Å². The quantitative estimate of drug-likeness (QED) is 0.813. The van der Waals surface area contributed by atoms with Crippen LogP contribution in [0, 0.1) is 5.92 Å². The number of ether oxygens (including phenoxy) is 2. The summed E-state index contributed by atoms with van der Waals surface area (Å²) in [5, 5.41) is 0. The maximum atomic E-state index is 11.9. The van der Waals surface area contributed by atoms with Gasteiger partial charge in [0.25, 0.3) is 5.91 Å². The summed E-state index contributed by atoms with van der Waals surface area (Å²) < 4.78 is 10.4. The maximum absolute atomic E-state index is 11.9. The van der Waals surface area contributed by atoms with Crippen molar-refractivity contribution in [2.75, 3.05) is 13.7 Å². The van der Waals surface area contributed by atoms with E-state index in [4.69, 9.17) is 9.47 Å². The molecule has 0 unspecified atom stereocenters. The number of carbonyl (C=O) groups excluding carboxylic acids is 2. The summed E-state index contributed by atoms with van der Waals surface area (Å²) in [5.41, 5.74) is 4.85. The molecule has 0 spiro atoms. The lowest BCUT2D eigenvalue weighted by molar-refractivity contribution is -0.132. The van der Waals surface area contributed by atoms with E-state index in [9.17, 15) is 9.59 Å². The number of hydrogen-bond acceptors (Lipinski definition) is 4. The third-order valence-electron chi connectivity index (χ3n) is 3.71. The van der Waals surface area contributed by atoms with Crippen molar-refractivity contribution in [3.63, 3.8) is 0 Å². The first-order valence-electron chi connectivity index (χ1n) is 7.54. The summed E-state index contributed by atoms with van der Waals surface area (Å²) in [6.07, 6.45) is 5.12. The zero-order valence-corrected chi connectivity index (χ0v) is 12.8. The standard InChI is InChI=1S/C16H22N2O4/c1-21-13-8-5-9-14(10-13)22-11-15(19)17-18-16(20)12-6-3-2-4-7-12/h5,8-10,12H,2-4,6-7,11H2,1H3,(H,17,19)(H,18,20). The molecule has 1 aliphatic carbocycles. The van der Waals surface area contributed by atoms with Gasteiger partial charge in [-0.2, -0.15) is 0 Å². The molecule has 1 aromatic carbocycles. The molecule has 2 amide bonds. The highest BCUT2D eigenvalue weighted by molar-refractivity contribution is 5.84. The van der Waals surface area contributed by atoms with E-state index in [2.05, 4.69) is 10.9 Å². The van der Waals surface area contributed by atoms with E-state index in [1.54, 1.807) is 31.4 Å². The van der Waals surface area contributed by atoms with Crippen molar-refractivity contribution in [1.29, 1.82) is 0 Å². The summed E-state index contributed by atoms with van der Waals surface area (Å²) in [6.45, 7) is -0.169. The van der Waals surface area contributed by atoms with Crippen LogP contribution in [0.2, 0.25) is 0 Å². The van der Waals surface area contributed by atoms with Crippen LogP contribution < -0.4 is 20.3 Å². The van der Waals surface area contributed by atoms with Gasteiger partial charge in [-0.25, -0.2) is 0 Å². The number of carbonyl (C=O) groups is 2. The fourth-order valence-corrected chi connectivity index (χ4v) is 2.47. The number of hydrazine groups is 1. The molecule has 2 N–H and O–H groups in total. The monoisotopic (exact) mass is 306 g/mol. The molecule has 0 aliphatic heterocycles. The highest BCUT2D eigenvalue weighted by Crippen LogP contribution is 2.23. The molecule has 0 heterocycles. The third-order valence-corrected chi connectivity index (χ3v) is 3.71. The number of nitrogens with one attached hydrogen (secondary N) is 2. The predicted octanol–water partition coefficient (Wildman–Crippen LogP) is 1.80. The van der Waals surface area contributed by atoms with Crippen molar-refractivity contribution in [3.05, 3.63) is 24.3 Å². The van der Waals surface area contributed by atoms with E-state index >= 15 is 0 Å². The van der Waals surface area contributed by atoms with Crippen LogP contribution in [0.25, 0.3) is 0 Å². The molecular formula is C16H22N2O4. The van der Waals surface area contributed by atoms with Gasteiger partial charge in [0.15, 0.2) is 6.61 Å². The highest BCUT2D eigenvalue weighted by atomic mass is 16.5. The number of hydrogen-bond donors (Lipinski definition) is 2. The Balaban J connectivity index is 1.70. The van der Waals surface area contributed by atoms with Gasteiger partial charge >= 0.3 is 0 Å². The van der Waals surface area contributed by atoms with Gasteiger partial charge in [-0.05, 0) is 25.0 Å². The van der Waals surface area contributed by atoms with Crippen LogP contribution in [0.1, 0.15) is 32.1 Å². The zero-order chi connectivity index (χ0) is 15.8. The molecule has 120 valence electrons. The van der Waals surface area contributed by atoms with E-state index in [-0.39, 0.29) is 18.4 Å². The predicted molar refractivity (Wildman–Crippen MR) is 81.3 cm³/mol. The third kappa shape index (κ3) is 4.95. The number of rotatable bonds is 5. The Morgan fingerprint density at radius 1 is 1.14 bits per heavy atom. The first-order chi connectivity index (χ1) is 10.7. The Hall–Kier alpha value is -2.24. The molecule has 0 atom stereocenters. The molecule has 22 heavy (non-hydrogen) atoms. The smallest absolute Gasteiger partial charge is 0.276 e. The van der Waals surface area contributed by atoms with Crippen LogP contribution in [-0.4, -0.2) is 25.5 Å². The molecular weight excluding hydrogens is 284 g/mol. The number of methoxy groups -OCH3 is 1. The summed E-state index contributed by atoms with van der Waals surface area (Å²) in [6, 6.07) is 6.98. The van der Waals surface area contributed by atoms with Crippen molar-refractivity contribution in [1.82, 2.24) is 10.9 Å². The summed E-state index contributed by atoms with van der Waals surface area (Å²) in [4.78, 5) is 23.6. The Bertz CT molecular complexity index is 513. The second-order valence-corrected chi connectivity index (χ2v) is 5.34. The molecule has 0 saturated heterocycles. The molecule has 1 fully saturated rings. The highest BCUT2D eigenvalue weighted by Gasteiger charge is 2.21. The van der Waals surface area contributed by atoms with Crippen molar-refractivity contribution in [2.24, 2.45) is 5.92 Å². The molecule has 0 bridgehead atoms. The van der Waals surface area contributed by atoms with E-state index in [0.717, 1.165) is 25.7 Å². The van der Waals surface area contributed by atoms with Crippen molar-refractivity contribution >= 4 is 11.8 Å². The summed E-state index contributed by atoms with van der Waals surface area (Å²) in [7, 11) is 1.56. The Kier molecular flexibility index (Phi) is 6.06. The fraction of sp³-hybridized carbons (Fsp3) is 0.500. The zero-order valence-electron chi connectivity index (χ0n) is 12.8. The molecule has 0 radical (unpaired) electrons. The lowest BCUT2D eigenvalue weighted by Crippen LogP contribution is -2.46. The van der Waals surface area contributed by atoms with Crippen molar-refractivity contribution in [3.8, 4) is 11.5 Å². The van der Waals surface area contributed by atoms with Crippen LogP contribution in [0.5, 0.6) is 11.5 Å². The largest absolute Gasteiger partial charge is 0.497 e. The van der Waals surface area contributed by atoms with Crippen molar-refractivity contribution in [2.45, 2.75) is 32.1 Å². The van der Waals surface area contributed by atoms with Crippen LogP contribution in [0.3, 0.4) is 0 Å². The summed E-state index contributed by atoms with van der Waals surface area (Å²) in [5.74, 6) is 0.686. The SMILES string of the molecule is COc1cccc(OCC(=O)NNC(=O)C2CCCCC2)c1. The van der Waals surface area contributed by atoms with Gasteiger partial charge in [-0.15, -0.1) is 0 Å². The van der Waals surface area contributed by atoms with Crippen LogP contribution in [-0.2, 0) is 9.59 Å². The number of benzene rings is 1. The van der Waals surface area contributed by atoms with Crippen molar-refractivity contribution < 1.29 is 19.1 Å². The topological polar surface area (TPSA) is 76.7 Å². The second kappa shape index (κ2) is 8.26. The van der Waals surface area contributed by atoms with E-state index in [1.807, 2.05) is 0 Å². The maximum Gasteiger partial charge on any atom is 0.276 e. The minimum Gasteiger partial charge on any atom is -0.497 e. The Morgan fingerprint density at radius 2 is 1.86 bits per heavy atom. The van der Waals surface area contributed by atoms with Gasteiger partial charge in [-0.3, -0.25) is 20.4 Å². The molecule has 1 aliphatic rings. The first-order valence-corrected chi connectivity index (χ1v) is 7.54. The Labute approximate surface area is 130 Å². The van der Waals surface area contributed by atoms with Gasteiger partial charge in [0.1, 0.15) is 11.5 Å². The summed E-state index contributed by atoms with van der Waals surface area (Å²) >= 11 is 0.